The smallest absolute Gasteiger partial charge is 0.240 e. The lowest BCUT2D eigenvalue weighted by Gasteiger charge is -2.37. The Hall–Kier alpha value is -0.190. The molecule has 1 aromatic carbocycles. The molecule has 0 aliphatic carbocycles. The van der Waals surface area contributed by atoms with E-state index in [0.717, 1.165) is 77.7 Å². The van der Waals surface area contributed by atoms with Gasteiger partial charge in [-0.3, -0.25) is 9.69 Å². The Balaban J connectivity index is 0.00000114. The minimum Gasteiger partial charge on any atom is -0.345 e. The SMILES string of the molecule is Cl.Cl.Cl.O=C([C@@H]1C[C@H](N2CCN(c3nc4ccc(Cl)cc4s3)CC2)CN1)N1CCSC1. The first-order chi connectivity index (χ1) is 13.7. The zero-order chi connectivity index (χ0) is 19.1. The number of carbonyl (C=O) groups is 1. The molecule has 6 nitrogen and oxygen atoms in total. The monoisotopic (exact) mass is 545 g/mol. The number of benzene rings is 1. The van der Waals surface area contributed by atoms with E-state index in [1.165, 1.54) is 0 Å². The van der Waals surface area contributed by atoms with Gasteiger partial charge in [0.1, 0.15) is 0 Å². The Labute approximate surface area is 214 Å². The molecule has 1 N–H and O–H groups in total. The molecular formula is C19H27Cl4N5OS2. The van der Waals surface area contributed by atoms with E-state index in [-0.39, 0.29) is 43.3 Å². The van der Waals surface area contributed by atoms with Crippen LogP contribution in [0.5, 0.6) is 0 Å². The summed E-state index contributed by atoms with van der Waals surface area (Å²) in [6, 6.07) is 6.34. The topological polar surface area (TPSA) is 51.7 Å². The van der Waals surface area contributed by atoms with Crippen LogP contribution in [0.15, 0.2) is 18.2 Å². The molecule has 3 saturated heterocycles. The quantitative estimate of drug-likeness (QED) is 0.634. The zero-order valence-electron chi connectivity index (χ0n) is 16.9. The second kappa shape index (κ2) is 11.8. The van der Waals surface area contributed by atoms with E-state index in [2.05, 4.69) is 15.1 Å². The molecule has 31 heavy (non-hydrogen) atoms. The van der Waals surface area contributed by atoms with Crippen LogP contribution < -0.4 is 10.2 Å². The fraction of sp³-hybridized carbons (Fsp3) is 0.579. The van der Waals surface area contributed by atoms with E-state index in [9.17, 15) is 4.79 Å². The molecule has 0 saturated carbocycles. The number of anilines is 1. The standard InChI is InChI=1S/C19H24ClN5OS2.3ClH/c20-13-1-2-15-17(9-13)28-19(22-15)24-5-3-23(4-6-24)14-10-16(21-11-14)18(26)25-7-8-27-12-25;;;/h1-2,9,14,16,21H,3-8,10-12H2;3*1H/t14-,16-;;;/m0.../s1. The van der Waals surface area contributed by atoms with Crippen molar-refractivity contribution in [1.82, 2.24) is 20.1 Å². The van der Waals surface area contributed by atoms with Gasteiger partial charge in [0, 0.05) is 56.1 Å². The number of aromatic nitrogens is 1. The highest BCUT2D eigenvalue weighted by Crippen LogP contribution is 2.31. The van der Waals surface area contributed by atoms with Gasteiger partial charge in [-0.25, -0.2) is 4.98 Å². The van der Waals surface area contributed by atoms with Gasteiger partial charge in [0.15, 0.2) is 5.13 Å². The summed E-state index contributed by atoms with van der Waals surface area (Å²) in [7, 11) is 0. The highest BCUT2D eigenvalue weighted by molar-refractivity contribution is 7.99. The average Bonchev–Trinajstić information content (AvgIpc) is 3.47. The van der Waals surface area contributed by atoms with E-state index < -0.39 is 0 Å². The summed E-state index contributed by atoms with van der Waals surface area (Å²) in [6.07, 6.45) is 0.930. The van der Waals surface area contributed by atoms with Gasteiger partial charge >= 0.3 is 0 Å². The summed E-state index contributed by atoms with van der Waals surface area (Å²) in [5.41, 5.74) is 1.02. The third-order valence-corrected chi connectivity index (χ3v) is 8.19. The van der Waals surface area contributed by atoms with Crippen LogP contribution in [-0.4, -0.2) is 83.7 Å². The number of nitrogens with zero attached hydrogens (tertiary/aromatic N) is 4. The van der Waals surface area contributed by atoms with Crippen molar-refractivity contribution < 1.29 is 4.79 Å². The van der Waals surface area contributed by atoms with Crippen LogP contribution in [0.1, 0.15) is 6.42 Å². The maximum absolute atomic E-state index is 12.6. The lowest BCUT2D eigenvalue weighted by molar-refractivity contribution is -0.131. The van der Waals surface area contributed by atoms with Crippen molar-refractivity contribution in [1.29, 1.82) is 0 Å². The molecule has 2 aromatic rings. The first-order valence-electron chi connectivity index (χ1n) is 9.82. The van der Waals surface area contributed by atoms with Crippen molar-refractivity contribution in [2.45, 2.75) is 18.5 Å². The highest BCUT2D eigenvalue weighted by atomic mass is 35.5. The third kappa shape index (κ3) is 5.84. The van der Waals surface area contributed by atoms with Gasteiger partial charge < -0.3 is 15.1 Å². The van der Waals surface area contributed by atoms with E-state index in [1.54, 1.807) is 11.3 Å². The van der Waals surface area contributed by atoms with Crippen LogP contribution in [0.2, 0.25) is 5.02 Å². The number of thioether (sulfide) groups is 1. The Morgan fingerprint density at radius 3 is 2.61 bits per heavy atom. The number of amides is 1. The van der Waals surface area contributed by atoms with Crippen molar-refractivity contribution in [3.63, 3.8) is 0 Å². The largest absolute Gasteiger partial charge is 0.345 e. The van der Waals surface area contributed by atoms with Gasteiger partial charge in [-0.1, -0.05) is 22.9 Å². The highest BCUT2D eigenvalue weighted by Gasteiger charge is 2.36. The summed E-state index contributed by atoms with van der Waals surface area (Å²) in [6.45, 7) is 5.80. The molecule has 2 atom stereocenters. The van der Waals surface area contributed by atoms with Gasteiger partial charge in [0.25, 0.3) is 0 Å². The molecule has 5 rings (SSSR count). The molecule has 3 aliphatic rings. The fourth-order valence-electron chi connectivity index (χ4n) is 4.29. The van der Waals surface area contributed by atoms with Crippen molar-refractivity contribution in [2.24, 2.45) is 0 Å². The van der Waals surface area contributed by atoms with E-state index >= 15 is 0 Å². The number of nitrogens with one attached hydrogen (secondary N) is 1. The molecule has 0 bridgehead atoms. The van der Waals surface area contributed by atoms with Crippen molar-refractivity contribution >= 4 is 93.2 Å². The maximum Gasteiger partial charge on any atom is 0.240 e. The molecule has 0 radical (unpaired) electrons. The van der Waals surface area contributed by atoms with Gasteiger partial charge in [-0.2, -0.15) is 0 Å². The van der Waals surface area contributed by atoms with Gasteiger partial charge in [-0.15, -0.1) is 49.0 Å². The average molecular weight is 547 g/mol. The van der Waals surface area contributed by atoms with E-state index in [1.807, 2.05) is 34.9 Å². The fourth-order valence-corrected chi connectivity index (χ4v) is 6.54. The van der Waals surface area contributed by atoms with Crippen molar-refractivity contribution in [3.8, 4) is 0 Å². The first-order valence-corrected chi connectivity index (χ1v) is 12.2. The molecule has 0 spiro atoms. The molecule has 3 aliphatic heterocycles. The second-order valence-electron chi connectivity index (χ2n) is 7.62. The van der Waals surface area contributed by atoms with Crippen molar-refractivity contribution in [2.75, 3.05) is 55.8 Å². The van der Waals surface area contributed by atoms with Crippen LogP contribution >= 0.6 is 71.9 Å². The van der Waals surface area contributed by atoms with Crippen LogP contribution in [0.3, 0.4) is 0 Å². The summed E-state index contributed by atoms with van der Waals surface area (Å²) < 4.78 is 1.14. The number of thiazole rings is 1. The van der Waals surface area contributed by atoms with Crippen LogP contribution in [0.4, 0.5) is 5.13 Å². The number of halogens is 4. The predicted molar refractivity (Wildman–Crippen MR) is 139 cm³/mol. The lowest BCUT2D eigenvalue weighted by atomic mass is 10.1. The molecule has 3 fully saturated rings. The molecule has 12 heteroatoms. The number of hydrogen-bond donors (Lipinski definition) is 1. The van der Waals surface area contributed by atoms with Gasteiger partial charge in [0.05, 0.1) is 22.1 Å². The first kappa shape index (κ1) is 27.1. The lowest BCUT2D eigenvalue weighted by Crippen LogP contribution is -2.51. The Bertz CT molecular complexity index is 874. The maximum atomic E-state index is 12.6. The normalized spacial score (nSPS) is 23.9. The third-order valence-electron chi connectivity index (χ3n) is 5.91. The summed E-state index contributed by atoms with van der Waals surface area (Å²) in [5, 5.41) is 5.31. The Kier molecular flexibility index (Phi) is 10.3. The summed E-state index contributed by atoms with van der Waals surface area (Å²) in [4.78, 5) is 24.3. The number of piperazine rings is 1. The molecule has 1 aromatic heterocycles. The Morgan fingerprint density at radius 2 is 1.90 bits per heavy atom. The minimum absolute atomic E-state index is 0. The number of fused-ring (bicyclic) bond motifs is 1. The predicted octanol–water partition coefficient (Wildman–Crippen LogP) is 3.60. The van der Waals surface area contributed by atoms with E-state index in [4.69, 9.17) is 16.6 Å². The molecule has 1 amide bonds. The Morgan fingerprint density at radius 1 is 1.13 bits per heavy atom. The summed E-state index contributed by atoms with van der Waals surface area (Å²) in [5.74, 6) is 2.22. The molecule has 0 unspecified atom stereocenters. The van der Waals surface area contributed by atoms with Crippen LogP contribution in [0, 0.1) is 0 Å². The number of hydrogen-bond acceptors (Lipinski definition) is 7. The molecular weight excluding hydrogens is 520 g/mol. The van der Waals surface area contributed by atoms with Gasteiger partial charge in [0.2, 0.25) is 5.91 Å². The number of rotatable bonds is 3. The van der Waals surface area contributed by atoms with Crippen LogP contribution in [-0.2, 0) is 4.79 Å². The molecule has 4 heterocycles. The zero-order valence-corrected chi connectivity index (χ0v) is 21.7. The van der Waals surface area contributed by atoms with E-state index in [0.29, 0.717) is 11.9 Å². The second-order valence-corrected chi connectivity index (χ2v) is 10.1. The van der Waals surface area contributed by atoms with Crippen LogP contribution in [0.25, 0.3) is 10.2 Å². The number of carbonyl (C=O) groups excluding carboxylic acids is 1. The summed E-state index contributed by atoms with van der Waals surface area (Å²) >= 11 is 9.67. The van der Waals surface area contributed by atoms with Gasteiger partial charge in [-0.05, 0) is 24.6 Å². The van der Waals surface area contributed by atoms with Crippen molar-refractivity contribution in [3.05, 3.63) is 23.2 Å². The minimum atomic E-state index is -0.00394. The molecule has 174 valence electrons.